The topological polar surface area (TPSA) is 59.6 Å². The van der Waals surface area contributed by atoms with Gasteiger partial charge in [0.1, 0.15) is 6.10 Å². The summed E-state index contributed by atoms with van der Waals surface area (Å²) >= 11 is 0. The number of rotatable bonds is 2. The average molecular weight is 188 g/mol. The van der Waals surface area contributed by atoms with Crippen molar-refractivity contribution in [2.24, 2.45) is 0 Å². The number of methoxy groups -OCH3 is 1. The average Bonchev–Trinajstić information content (AvgIpc) is 2.18. The summed E-state index contributed by atoms with van der Waals surface area (Å²) in [4.78, 5) is 11.0. The summed E-state index contributed by atoms with van der Waals surface area (Å²) in [6.45, 7) is 1.22. The third-order valence-electron chi connectivity index (χ3n) is 2.15. The number of ether oxygens (including phenoxy) is 2. The Labute approximate surface area is 77.8 Å². The van der Waals surface area contributed by atoms with Crippen LogP contribution in [0.5, 0.6) is 0 Å². The lowest BCUT2D eigenvalue weighted by atomic mass is 10.1. The molecule has 2 N–H and O–H groups in total. The highest BCUT2D eigenvalue weighted by atomic mass is 16.5. The third kappa shape index (κ3) is 2.86. The Bertz CT molecular complexity index is 175. The summed E-state index contributed by atoms with van der Waals surface area (Å²) in [6.07, 6.45) is 0.761. The van der Waals surface area contributed by atoms with Gasteiger partial charge in [0, 0.05) is 20.8 Å². The minimum absolute atomic E-state index is 0.0361. The molecule has 1 aliphatic rings. The van der Waals surface area contributed by atoms with Gasteiger partial charge in [0.2, 0.25) is 0 Å². The molecule has 0 radical (unpaired) electrons. The maximum Gasteiger partial charge on any atom is 0.314 e. The van der Waals surface area contributed by atoms with E-state index in [2.05, 4.69) is 10.6 Å². The summed E-state index contributed by atoms with van der Waals surface area (Å²) in [5.41, 5.74) is 0. The van der Waals surface area contributed by atoms with E-state index in [1.54, 1.807) is 14.2 Å². The van der Waals surface area contributed by atoms with Gasteiger partial charge < -0.3 is 20.1 Å². The molecule has 1 fully saturated rings. The lowest BCUT2D eigenvalue weighted by molar-refractivity contribution is -0.0469. The molecular weight excluding hydrogens is 172 g/mol. The second-order valence-electron chi connectivity index (χ2n) is 2.97. The summed E-state index contributed by atoms with van der Waals surface area (Å²) < 4.78 is 10.4. The van der Waals surface area contributed by atoms with Crippen LogP contribution in [0.3, 0.4) is 0 Å². The molecule has 1 rings (SSSR count). The first kappa shape index (κ1) is 10.3. The van der Waals surface area contributed by atoms with Crippen LogP contribution in [0, 0.1) is 0 Å². The van der Waals surface area contributed by atoms with Gasteiger partial charge in [0.05, 0.1) is 12.6 Å². The van der Waals surface area contributed by atoms with E-state index < -0.39 is 0 Å². The first-order valence-electron chi connectivity index (χ1n) is 4.36. The third-order valence-corrected chi connectivity index (χ3v) is 2.15. The highest BCUT2D eigenvalue weighted by molar-refractivity contribution is 5.73. The highest BCUT2D eigenvalue weighted by Crippen LogP contribution is 2.10. The number of hydrogen-bond donors (Lipinski definition) is 2. The molecular formula is C8H16N2O3. The Hall–Kier alpha value is -0.810. The van der Waals surface area contributed by atoms with Crippen LogP contribution in [0.1, 0.15) is 6.42 Å². The standard InChI is InChI=1S/C8H16N2O3/c1-9-8(11)10-6-3-4-13-5-7(6)12-2/h6-7H,3-5H2,1-2H3,(H2,9,10,11). The molecule has 0 aliphatic carbocycles. The molecule has 0 saturated carbocycles. The Balaban J connectivity index is 2.40. The van der Waals surface area contributed by atoms with E-state index in [1.165, 1.54) is 0 Å². The molecule has 0 aromatic rings. The zero-order chi connectivity index (χ0) is 9.68. The number of hydrogen-bond acceptors (Lipinski definition) is 3. The van der Waals surface area contributed by atoms with Gasteiger partial charge in [-0.2, -0.15) is 0 Å². The minimum atomic E-state index is -0.172. The summed E-state index contributed by atoms with van der Waals surface area (Å²) in [6, 6.07) is -0.118. The lowest BCUT2D eigenvalue weighted by Gasteiger charge is -2.30. The van der Waals surface area contributed by atoms with E-state index >= 15 is 0 Å². The molecule has 5 heteroatoms. The van der Waals surface area contributed by atoms with Gasteiger partial charge in [-0.1, -0.05) is 0 Å². The number of carbonyl (C=O) groups excluding carboxylic acids is 1. The normalized spacial score (nSPS) is 28.2. The molecule has 0 aromatic carbocycles. The molecule has 13 heavy (non-hydrogen) atoms. The number of amides is 2. The predicted octanol–water partition coefficient (Wildman–Crippen LogP) is -0.281. The zero-order valence-corrected chi connectivity index (χ0v) is 8.00. The van der Waals surface area contributed by atoms with Crippen molar-refractivity contribution in [3.8, 4) is 0 Å². The van der Waals surface area contributed by atoms with Gasteiger partial charge in [-0.05, 0) is 6.42 Å². The predicted molar refractivity (Wildman–Crippen MR) is 47.6 cm³/mol. The smallest absolute Gasteiger partial charge is 0.314 e. The molecule has 2 atom stereocenters. The van der Waals surface area contributed by atoms with Crippen molar-refractivity contribution in [3.05, 3.63) is 0 Å². The first-order chi connectivity index (χ1) is 6.27. The van der Waals surface area contributed by atoms with Gasteiger partial charge in [-0.15, -0.1) is 0 Å². The summed E-state index contributed by atoms with van der Waals surface area (Å²) in [5.74, 6) is 0. The molecule has 1 saturated heterocycles. The van der Waals surface area contributed by atoms with E-state index in [0.717, 1.165) is 6.42 Å². The highest BCUT2D eigenvalue weighted by Gasteiger charge is 2.26. The van der Waals surface area contributed by atoms with Crippen molar-refractivity contribution in [1.82, 2.24) is 10.6 Å². The van der Waals surface area contributed by atoms with Gasteiger partial charge in [0.15, 0.2) is 0 Å². The first-order valence-corrected chi connectivity index (χ1v) is 4.36. The van der Waals surface area contributed by atoms with Gasteiger partial charge in [0.25, 0.3) is 0 Å². The molecule has 2 unspecified atom stereocenters. The van der Waals surface area contributed by atoms with Crippen LogP contribution in [-0.4, -0.2) is 45.5 Å². The molecule has 5 nitrogen and oxygen atoms in total. The van der Waals surface area contributed by atoms with Crippen molar-refractivity contribution in [2.75, 3.05) is 27.4 Å². The molecule has 1 aliphatic heterocycles. The SMILES string of the molecule is CNC(=O)NC1CCOCC1OC. The van der Waals surface area contributed by atoms with Crippen molar-refractivity contribution < 1.29 is 14.3 Å². The van der Waals surface area contributed by atoms with E-state index in [1.807, 2.05) is 0 Å². The Kier molecular flexibility index (Phi) is 3.98. The fraction of sp³-hybridized carbons (Fsp3) is 0.875. The van der Waals surface area contributed by atoms with Crippen molar-refractivity contribution >= 4 is 6.03 Å². The summed E-state index contributed by atoms with van der Waals surface area (Å²) in [7, 11) is 3.22. The number of urea groups is 1. The molecule has 0 bridgehead atoms. The van der Waals surface area contributed by atoms with E-state index in [4.69, 9.17) is 9.47 Å². The van der Waals surface area contributed by atoms with Crippen LogP contribution in [0.2, 0.25) is 0 Å². The Morgan fingerprint density at radius 2 is 2.38 bits per heavy atom. The van der Waals surface area contributed by atoms with E-state index in [-0.39, 0.29) is 18.2 Å². The quantitative estimate of drug-likeness (QED) is 0.626. The van der Waals surface area contributed by atoms with Crippen molar-refractivity contribution in [1.29, 1.82) is 0 Å². The fourth-order valence-corrected chi connectivity index (χ4v) is 1.35. The van der Waals surface area contributed by atoms with Crippen molar-refractivity contribution in [2.45, 2.75) is 18.6 Å². The zero-order valence-electron chi connectivity index (χ0n) is 8.00. The minimum Gasteiger partial charge on any atom is -0.379 e. The summed E-state index contributed by atoms with van der Waals surface area (Å²) in [5, 5.41) is 5.32. The molecule has 0 aromatic heterocycles. The van der Waals surface area contributed by atoms with Crippen LogP contribution in [0.4, 0.5) is 4.79 Å². The van der Waals surface area contributed by atoms with Crippen LogP contribution in [0.25, 0.3) is 0 Å². The lowest BCUT2D eigenvalue weighted by Crippen LogP contribution is -2.51. The van der Waals surface area contributed by atoms with E-state index in [9.17, 15) is 4.79 Å². The Morgan fingerprint density at radius 1 is 1.62 bits per heavy atom. The molecule has 0 spiro atoms. The van der Waals surface area contributed by atoms with E-state index in [0.29, 0.717) is 13.2 Å². The maximum absolute atomic E-state index is 11.0. The van der Waals surface area contributed by atoms with Crippen LogP contribution in [-0.2, 0) is 9.47 Å². The Morgan fingerprint density at radius 3 is 3.00 bits per heavy atom. The van der Waals surface area contributed by atoms with Gasteiger partial charge in [-0.25, -0.2) is 4.79 Å². The molecule has 2 amide bonds. The largest absolute Gasteiger partial charge is 0.379 e. The fourth-order valence-electron chi connectivity index (χ4n) is 1.35. The maximum atomic E-state index is 11.0. The van der Waals surface area contributed by atoms with Gasteiger partial charge >= 0.3 is 6.03 Å². The number of nitrogens with one attached hydrogen (secondary N) is 2. The van der Waals surface area contributed by atoms with Crippen LogP contribution in [0.15, 0.2) is 0 Å². The van der Waals surface area contributed by atoms with Crippen molar-refractivity contribution in [3.63, 3.8) is 0 Å². The molecule has 1 heterocycles. The second kappa shape index (κ2) is 5.04. The van der Waals surface area contributed by atoms with Crippen LogP contribution >= 0.6 is 0 Å². The van der Waals surface area contributed by atoms with Gasteiger partial charge in [-0.3, -0.25) is 0 Å². The number of carbonyl (C=O) groups is 1. The molecule has 76 valence electrons. The van der Waals surface area contributed by atoms with Crippen LogP contribution < -0.4 is 10.6 Å². The monoisotopic (exact) mass is 188 g/mol. The second-order valence-corrected chi connectivity index (χ2v) is 2.97.